The van der Waals surface area contributed by atoms with Crippen LogP contribution in [0.4, 0.5) is 0 Å². The molecule has 0 bridgehead atoms. The van der Waals surface area contributed by atoms with Gasteiger partial charge in [0.15, 0.2) is 0 Å². The molecule has 1 rings (SSSR count). The summed E-state index contributed by atoms with van der Waals surface area (Å²) < 4.78 is 5.92. The highest BCUT2D eigenvalue weighted by Gasteiger charge is 2.07. The molecule has 3 heteroatoms. The molecule has 0 aliphatic heterocycles. The Bertz CT molecular complexity index is 356. The summed E-state index contributed by atoms with van der Waals surface area (Å²) >= 11 is 6.14. The predicted octanol–water partition coefficient (Wildman–Crippen LogP) is 4.11. The van der Waals surface area contributed by atoms with Crippen molar-refractivity contribution in [3.8, 4) is 5.75 Å². The summed E-state index contributed by atoms with van der Waals surface area (Å²) in [7, 11) is 0. The van der Waals surface area contributed by atoms with E-state index < -0.39 is 0 Å². The zero-order valence-electron chi connectivity index (χ0n) is 11.8. The van der Waals surface area contributed by atoms with Crippen molar-refractivity contribution in [2.75, 3.05) is 13.1 Å². The molecule has 1 unspecified atom stereocenters. The third kappa shape index (κ3) is 4.87. The number of ether oxygens (including phenoxy) is 1. The number of halogens is 1. The molecule has 18 heavy (non-hydrogen) atoms. The Morgan fingerprint density at radius 2 is 1.89 bits per heavy atom. The van der Waals surface area contributed by atoms with Gasteiger partial charge in [0, 0.05) is 5.02 Å². The fraction of sp³-hybridized carbons (Fsp3) is 0.600. The minimum absolute atomic E-state index is 0.239. The highest BCUT2D eigenvalue weighted by molar-refractivity contribution is 6.32. The second-order valence-electron chi connectivity index (χ2n) is 4.80. The molecule has 0 fully saturated rings. The number of nitrogens with one attached hydrogen (secondary N) is 1. The summed E-state index contributed by atoms with van der Waals surface area (Å²) in [6, 6.07) is 4.02. The lowest BCUT2D eigenvalue weighted by molar-refractivity contribution is 0.207. The first-order valence-electron chi connectivity index (χ1n) is 6.68. The lowest BCUT2D eigenvalue weighted by Gasteiger charge is -2.16. The summed E-state index contributed by atoms with van der Waals surface area (Å²) in [5, 5.41) is 4.16. The first kappa shape index (κ1) is 15.3. The molecule has 0 saturated heterocycles. The summed E-state index contributed by atoms with van der Waals surface area (Å²) in [4.78, 5) is 0. The molecule has 0 aromatic heterocycles. The average molecular weight is 270 g/mol. The van der Waals surface area contributed by atoms with E-state index in [1.807, 2.05) is 26.0 Å². The van der Waals surface area contributed by atoms with Crippen molar-refractivity contribution in [1.82, 2.24) is 5.32 Å². The van der Waals surface area contributed by atoms with Gasteiger partial charge in [0.2, 0.25) is 0 Å². The van der Waals surface area contributed by atoms with Crippen molar-refractivity contribution in [3.05, 3.63) is 28.3 Å². The van der Waals surface area contributed by atoms with Crippen LogP contribution in [0.1, 0.15) is 37.8 Å². The molecular formula is C15H24ClNO. The predicted molar refractivity (Wildman–Crippen MR) is 78.8 cm³/mol. The normalized spacial score (nSPS) is 12.5. The number of aryl methyl sites for hydroxylation is 2. The van der Waals surface area contributed by atoms with Gasteiger partial charge in [0.1, 0.15) is 5.75 Å². The van der Waals surface area contributed by atoms with Crippen LogP contribution in [0.3, 0.4) is 0 Å². The average Bonchev–Trinajstić information content (AvgIpc) is 2.31. The van der Waals surface area contributed by atoms with Gasteiger partial charge >= 0.3 is 0 Å². The van der Waals surface area contributed by atoms with Crippen LogP contribution in [0.25, 0.3) is 0 Å². The van der Waals surface area contributed by atoms with Gasteiger partial charge in [-0.15, -0.1) is 0 Å². The number of hydrogen-bond donors (Lipinski definition) is 1. The van der Waals surface area contributed by atoms with Gasteiger partial charge in [0.05, 0.1) is 6.10 Å². The minimum atomic E-state index is 0.239. The second kappa shape index (κ2) is 7.65. The van der Waals surface area contributed by atoms with E-state index in [1.54, 1.807) is 0 Å². The quantitative estimate of drug-likeness (QED) is 0.752. The monoisotopic (exact) mass is 269 g/mol. The molecule has 0 radical (unpaired) electrons. The van der Waals surface area contributed by atoms with Crippen LogP contribution >= 0.6 is 11.6 Å². The molecule has 0 aliphatic carbocycles. The third-order valence-corrected chi connectivity index (χ3v) is 3.56. The van der Waals surface area contributed by atoms with Crippen molar-refractivity contribution in [2.45, 2.75) is 46.6 Å². The maximum atomic E-state index is 6.14. The van der Waals surface area contributed by atoms with Gasteiger partial charge < -0.3 is 10.1 Å². The minimum Gasteiger partial charge on any atom is -0.491 e. The maximum absolute atomic E-state index is 6.14. The molecule has 0 amide bonds. The first-order chi connectivity index (χ1) is 8.54. The van der Waals surface area contributed by atoms with Gasteiger partial charge in [-0.25, -0.2) is 0 Å². The molecular weight excluding hydrogens is 246 g/mol. The van der Waals surface area contributed by atoms with E-state index in [0.29, 0.717) is 0 Å². The van der Waals surface area contributed by atoms with Gasteiger partial charge in [0.25, 0.3) is 0 Å². The van der Waals surface area contributed by atoms with Crippen LogP contribution < -0.4 is 10.1 Å². The highest BCUT2D eigenvalue weighted by Crippen LogP contribution is 2.26. The second-order valence-corrected chi connectivity index (χ2v) is 5.17. The SMILES string of the molecule is CCNCCCC(C)Oc1cc(C)c(Cl)c(C)c1. The van der Waals surface area contributed by atoms with Crippen LogP contribution in [0.15, 0.2) is 12.1 Å². The molecule has 0 heterocycles. The van der Waals surface area contributed by atoms with Crippen LogP contribution in [0, 0.1) is 13.8 Å². The van der Waals surface area contributed by atoms with Gasteiger partial charge in [-0.3, -0.25) is 0 Å². The Balaban J connectivity index is 2.46. The van der Waals surface area contributed by atoms with E-state index in [9.17, 15) is 0 Å². The first-order valence-corrected chi connectivity index (χ1v) is 7.06. The van der Waals surface area contributed by atoms with E-state index in [2.05, 4.69) is 19.2 Å². The number of rotatable bonds is 7. The Labute approximate surface area is 116 Å². The Kier molecular flexibility index (Phi) is 6.51. The van der Waals surface area contributed by atoms with E-state index in [0.717, 1.165) is 47.8 Å². The summed E-state index contributed by atoms with van der Waals surface area (Å²) in [5.74, 6) is 0.922. The largest absolute Gasteiger partial charge is 0.491 e. The zero-order valence-corrected chi connectivity index (χ0v) is 12.6. The smallest absolute Gasteiger partial charge is 0.120 e. The van der Waals surface area contributed by atoms with Crippen LogP contribution in [-0.4, -0.2) is 19.2 Å². The van der Waals surface area contributed by atoms with Gasteiger partial charge in [-0.1, -0.05) is 18.5 Å². The van der Waals surface area contributed by atoms with E-state index >= 15 is 0 Å². The van der Waals surface area contributed by atoms with Crippen molar-refractivity contribution < 1.29 is 4.74 Å². The lowest BCUT2D eigenvalue weighted by atomic mass is 10.1. The standard InChI is InChI=1S/C15H24ClNO/c1-5-17-8-6-7-13(4)18-14-9-11(2)15(16)12(3)10-14/h9-10,13,17H,5-8H2,1-4H3. The number of benzene rings is 1. The summed E-state index contributed by atoms with van der Waals surface area (Å²) in [6.45, 7) is 10.4. The fourth-order valence-corrected chi connectivity index (χ4v) is 2.07. The van der Waals surface area contributed by atoms with Crippen molar-refractivity contribution in [1.29, 1.82) is 0 Å². The van der Waals surface area contributed by atoms with Crippen LogP contribution in [-0.2, 0) is 0 Å². The molecule has 1 atom stereocenters. The molecule has 1 aromatic carbocycles. The Hall–Kier alpha value is -0.730. The Morgan fingerprint density at radius 1 is 1.28 bits per heavy atom. The molecule has 0 saturated carbocycles. The van der Waals surface area contributed by atoms with E-state index in [1.165, 1.54) is 0 Å². The van der Waals surface area contributed by atoms with Crippen molar-refractivity contribution in [3.63, 3.8) is 0 Å². The summed E-state index contributed by atoms with van der Waals surface area (Å²) in [6.07, 6.45) is 2.44. The highest BCUT2D eigenvalue weighted by atomic mass is 35.5. The van der Waals surface area contributed by atoms with Gasteiger partial charge in [-0.05, 0) is 70.0 Å². The molecule has 0 spiro atoms. The molecule has 1 N–H and O–H groups in total. The topological polar surface area (TPSA) is 21.3 Å². The number of hydrogen-bond acceptors (Lipinski definition) is 2. The molecule has 1 aromatic rings. The van der Waals surface area contributed by atoms with Crippen LogP contribution in [0.5, 0.6) is 5.75 Å². The van der Waals surface area contributed by atoms with Crippen molar-refractivity contribution >= 4 is 11.6 Å². The maximum Gasteiger partial charge on any atom is 0.120 e. The molecule has 102 valence electrons. The van der Waals surface area contributed by atoms with Crippen molar-refractivity contribution in [2.24, 2.45) is 0 Å². The van der Waals surface area contributed by atoms with Crippen LogP contribution in [0.2, 0.25) is 5.02 Å². The molecule has 0 aliphatic rings. The zero-order chi connectivity index (χ0) is 13.5. The van der Waals surface area contributed by atoms with E-state index in [-0.39, 0.29) is 6.10 Å². The summed E-state index contributed by atoms with van der Waals surface area (Å²) in [5.41, 5.74) is 2.15. The Morgan fingerprint density at radius 3 is 2.44 bits per heavy atom. The molecule has 2 nitrogen and oxygen atoms in total. The van der Waals surface area contributed by atoms with Gasteiger partial charge in [-0.2, -0.15) is 0 Å². The fourth-order valence-electron chi connectivity index (χ4n) is 1.96. The lowest BCUT2D eigenvalue weighted by Crippen LogP contribution is -2.18. The van der Waals surface area contributed by atoms with E-state index in [4.69, 9.17) is 16.3 Å². The third-order valence-electron chi connectivity index (χ3n) is 2.96.